The average molecular weight is 451 g/mol. The Morgan fingerprint density at radius 2 is 1.96 bits per heavy atom. The summed E-state index contributed by atoms with van der Waals surface area (Å²) in [5.74, 6) is -0.158. The van der Waals surface area contributed by atoms with Gasteiger partial charge in [-0.05, 0) is 64.4 Å². The van der Waals surface area contributed by atoms with Crippen LogP contribution in [0.5, 0.6) is 0 Å². The highest BCUT2D eigenvalue weighted by atomic mass is 127. The van der Waals surface area contributed by atoms with Gasteiger partial charge in [-0.2, -0.15) is 5.10 Å². The maximum Gasteiger partial charge on any atom is 0.266 e. The molecule has 0 fully saturated rings. The molecule has 122 valence electrons. The smallest absolute Gasteiger partial charge is 0.266 e. The number of nitrogens with one attached hydrogen (secondary N) is 1. The quantitative estimate of drug-likeness (QED) is 0.607. The fourth-order valence-corrected chi connectivity index (χ4v) is 3.19. The van der Waals surface area contributed by atoms with Gasteiger partial charge in [-0.15, -0.1) is 11.3 Å². The summed E-state index contributed by atoms with van der Waals surface area (Å²) in [7, 11) is 0. The highest BCUT2D eigenvalue weighted by Gasteiger charge is 2.07. The minimum absolute atomic E-state index is 0.158. The number of halogens is 1. The second-order valence-electron chi connectivity index (χ2n) is 5.02. The number of thiophene rings is 1. The first-order valence-electron chi connectivity index (χ1n) is 7.29. The zero-order valence-corrected chi connectivity index (χ0v) is 15.6. The van der Waals surface area contributed by atoms with E-state index in [0.29, 0.717) is 18.7 Å². The largest absolute Gasteiger partial charge is 0.350 e. The van der Waals surface area contributed by atoms with Crippen molar-refractivity contribution >= 4 is 39.8 Å². The summed E-state index contributed by atoms with van der Waals surface area (Å²) < 4.78 is 2.45. The van der Waals surface area contributed by atoms with Gasteiger partial charge in [-0.3, -0.25) is 9.59 Å². The molecule has 0 aliphatic carbocycles. The summed E-state index contributed by atoms with van der Waals surface area (Å²) in [5, 5.41) is 9.13. The van der Waals surface area contributed by atoms with Gasteiger partial charge in [0, 0.05) is 21.7 Å². The van der Waals surface area contributed by atoms with E-state index in [1.54, 1.807) is 29.5 Å². The Morgan fingerprint density at radius 3 is 2.67 bits per heavy atom. The molecule has 0 bridgehead atoms. The van der Waals surface area contributed by atoms with Gasteiger partial charge in [0.05, 0.1) is 11.4 Å². The summed E-state index contributed by atoms with van der Waals surface area (Å²) >= 11 is 3.76. The van der Waals surface area contributed by atoms with Crippen LogP contribution >= 0.6 is 33.9 Å². The molecule has 0 spiro atoms. The first kappa shape index (κ1) is 16.8. The van der Waals surface area contributed by atoms with E-state index in [1.807, 2.05) is 29.6 Å². The van der Waals surface area contributed by atoms with E-state index in [2.05, 4.69) is 33.0 Å². The zero-order valence-electron chi connectivity index (χ0n) is 12.6. The molecule has 1 aromatic carbocycles. The number of carbonyl (C=O) groups is 1. The molecule has 0 radical (unpaired) electrons. The topological polar surface area (TPSA) is 64.0 Å². The number of hydrogen-bond donors (Lipinski definition) is 1. The van der Waals surface area contributed by atoms with Crippen molar-refractivity contribution in [2.24, 2.45) is 0 Å². The lowest BCUT2D eigenvalue weighted by molar-refractivity contribution is 0.0951. The van der Waals surface area contributed by atoms with Crippen LogP contribution in [0.2, 0.25) is 0 Å². The molecule has 0 atom stereocenters. The molecule has 3 rings (SSSR count). The summed E-state index contributed by atoms with van der Waals surface area (Å²) in [5.41, 5.74) is 1.18. The number of carbonyl (C=O) groups excluding carboxylic acids is 1. The SMILES string of the molecule is O=C(NCCn1nc(-c2cccs2)ccc1=O)c1ccc(I)cc1. The van der Waals surface area contributed by atoms with E-state index >= 15 is 0 Å². The number of amides is 1. The molecule has 24 heavy (non-hydrogen) atoms. The molecule has 0 aliphatic rings. The third-order valence-electron chi connectivity index (χ3n) is 3.36. The van der Waals surface area contributed by atoms with Crippen molar-refractivity contribution in [3.8, 4) is 10.6 Å². The van der Waals surface area contributed by atoms with Crippen LogP contribution in [-0.4, -0.2) is 22.2 Å². The average Bonchev–Trinajstić information content (AvgIpc) is 3.11. The highest BCUT2D eigenvalue weighted by Crippen LogP contribution is 2.20. The standard InChI is InChI=1S/C17H14IN3O2S/c18-13-5-3-12(4-6-13)17(23)19-9-10-21-16(22)8-7-14(20-21)15-2-1-11-24-15/h1-8,11H,9-10H2,(H,19,23). The Hall–Kier alpha value is -2.00. The van der Waals surface area contributed by atoms with Gasteiger partial charge in [-0.25, -0.2) is 4.68 Å². The maximum atomic E-state index is 12.1. The molecule has 7 heteroatoms. The van der Waals surface area contributed by atoms with Crippen molar-refractivity contribution in [1.82, 2.24) is 15.1 Å². The van der Waals surface area contributed by atoms with Crippen LogP contribution in [0, 0.1) is 3.57 Å². The van der Waals surface area contributed by atoms with Crippen molar-refractivity contribution in [3.63, 3.8) is 0 Å². The van der Waals surface area contributed by atoms with Crippen LogP contribution in [0.25, 0.3) is 10.6 Å². The van der Waals surface area contributed by atoms with Crippen LogP contribution in [0.15, 0.2) is 58.7 Å². The van der Waals surface area contributed by atoms with Crippen molar-refractivity contribution in [2.75, 3.05) is 6.54 Å². The van der Waals surface area contributed by atoms with E-state index < -0.39 is 0 Å². The van der Waals surface area contributed by atoms with Crippen LogP contribution in [0.3, 0.4) is 0 Å². The Bertz CT molecular complexity index is 889. The van der Waals surface area contributed by atoms with Gasteiger partial charge in [0.1, 0.15) is 5.69 Å². The minimum Gasteiger partial charge on any atom is -0.350 e. The summed E-state index contributed by atoms with van der Waals surface area (Å²) in [6.07, 6.45) is 0. The lowest BCUT2D eigenvalue weighted by Crippen LogP contribution is -2.31. The number of aromatic nitrogens is 2. The molecule has 0 aliphatic heterocycles. The molecule has 1 amide bonds. The van der Waals surface area contributed by atoms with E-state index in [9.17, 15) is 9.59 Å². The van der Waals surface area contributed by atoms with Gasteiger partial charge >= 0.3 is 0 Å². The van der Waals surface area contributed by atoms with E-state index in [4.69, 9.17) is 0 Å². The summed E-state index contributed by atoms with van der Waals surface area (Å²) in [6, 6.07) is 14.4. The molecule has 5 nitrogen and oxygen atoms in total. The number of rotatable bonds is 5. The summed E-state index contributed by atoms with van der Waals surface area (Å²) in [4.78, 5) is 25.0. The Morgan fingerprint density at radius 1 is 1.17 bits per heavy atom. The molecule has 0 saturated carbocycles. The van der Waals surface area contributed by atoms with Gasteiger partial charge < -0.3 is 5.32 Å². The van der Waals surface area contributed by atoms with Gasteiger partial charge in [0.25, 0.3) is 11.5 Å². The van der Waals surface area contributed by atoms with Crippen molar-refractivity contribution < 1.29 is 4.79 Å². The summed E-state index contributed by atoms with van der Waals surface area (Å²) in [6.45, 7) is 0.666. The van der Waals surface area contributed by atoms with Gasteiger partial charge in [0.15, 0.2) is 0 Å². The van der Waals surface area contributed by atoms with Gasteiger partial charge in [0.2, 0.25) is 0 Å². The van der Waals surface area contributed by atoms with Crippen molar-refractivity contribution in [1.29, 1.82) is 0 Å². The normalized spacial score (nSPS) is 10.5. The predicted molar refractivity (Wildman–Crippen MR) is 103 cm³/mol. The monoisotopic (exact) mass is 451 g/mol. The van der Waals surface area contributed by atoms with E-state index in [1.165, 1.54) is 10.7 Å². The Balaban J connectivity index is 1.64. The molecule has 3 aromatic rings. The maximum absolute atomic E-state index is 12.1. The predicted octanol–water partition coefficient (Wildman–Crippen LogP) is 3.01. The van der Waals surface area contributed by atoms with Crippen molar-refractivity contribution in [2.45, 2.75) is 6.54 Å². The molecular formula is C17H14IN3O2S. The number of nitrogens with zero attached hydrogens (tertiary/aromatic N) is 2. The van der Waals surface area contributed by atoms with E-state index in [0.717, 1.165) is 14.1 Å². The van der Waals surface area contributed by atoms with Crippen LogP contribution in [0.1, 0.15) is 10.4 Å². The molecule has 0 unspecified atom stereocenters. The second kappa shape index (κ2) is 7.71. The van der Waals surface area contributed by atoms with Crippen molar-refractivity contribution in [3.05, 3.63) is 73.4 Å². The fourth-order valence-electron chi connectivity index (χ4n) is 2.14. The Kier molecular flexibility index (Phi) is 5.41. The second-order valence-corrected chi connectivity index (χ2v) is 7.21. The minimum atomic E-state index is -0.182. The number of hydrogen-bond acceptors (Lipinski definition) is 4. The molecular weight excluding hydrogens is 437 g/mol. The molecule has 1 N–H and O–H groups in total. The van der Waals surface area contributed by atoms with Crippen LogP contribution in [-0.2, 0) is 6.54 Å². The third-order valence-corrected chi connectivity index (χ3v) is 4.97. The zero-order chi connectivity index (χ0) is 16.9. The van der Waals surface area contributed by atoms with E-state index in [-0.39, 0.29) is 11.5 Å². The lowest BCUT2D eigenvalue weighted by atomic mass is 10.2. The molecule has 2 heterocycles. The third kappa shape index (κ3) is 4.09. The van der Waals surface area contributed by atoms with Crippen LogP contribution in [0.4, 0.5) is 0 Å². The van der Waals surface area contributed by atoms with Gasteiger partial charge in [-0.1, -0.05) is 6.07 Å². The lowest BCUT2D eigenvalue weighted by Gasteiger charge is -2.08. The molecule has 2 aromatic heterocycles. The first-order chi connectivity index (χ1) is 11.6. The highest BCUT2D eigenvalue weighted by molar-refractivity contribution is 14.1. The number of benzene rings is 1. The first-order valence-corrected chi connectivity index (χ1v) is 9.25. The fraction of sp³-hybridized carbons (Fsp3) is 0.118. The molecule has 0 saturated heterocycles. The Labute approximate surface area is 156 Å². The van der Waals surface area contributed by atoms with Crippen LogP contribution < -0.4 is 10.9 Å².